The summed E-state index contributed by atoms with van der Waals surface area (Å²) in [5.74, 6) is -1.92. The van der Waals surface area contributed by atoms with Crippen LogP contribution in [0.2, 0.25) is 0 Å². The lowest BCUT2D eigenvalue weighted by molar-refractivity contribution is -0.147. The Labute approximate surface area is 196 Å². The minimum atomic E-state index is -0.786. The van der Waals surface area contributed by atoms with Crippen LogP contribution in [0.1, 0.15) is 102 Å². The highest BCUT2D eigenvalue weighted by molar-refractivity contribution is 5.77. The maximum absolute atomic E-state index is 11.2. The highest BCUT2D eigenvalue weighted by Crippen LogP contribution is 2.50. The molecule has 2 rings (SSSR count). The van der Waals surface area contributed by atoms with E-state index in [2.05, 4.69) is 0 Å². The van der Waals surface area contributed by atoms with Gasteiger partial charge in [-0.15, -0.1) is 0 Å². The van der Waals surface area contributed by atoms with Gasteiger partial charge in [-0.2, -0.15) is 0 Å². The number of aryl methyl sites for hydroxylation is 1. The van der Waals surface area contributed by atoms with Crippen LogP contribution in [0.15, 0.2) is 6.07 Å². The molecular weight excluding hydrogens is 424 g/mol. The van der Waals surface area contributed by atoms with Gasteiger partial charge in [-0.05, 0) is 76.8 Å². The van der Waals surface area contributed by atoms with Gasteiger partial charge in [0, 0.05) is 5.56 Å². The fourth-order valence-electron chi connectivity index (χ4n) is 4.37. The van der Waals surface area contributed by atoms with Crippen LogP contribution in [0.5, 0.6) is 17.2 Å². The smallest absolute Gasteiger partial charge is 0.309 e. The van der Waals surface area contributed by atoms with E-state index in [4.69, 9.17) is 5.11 Å². The van der Waals surface area contributed by atoms with Crippen LogP contribution in [0.4, 0.5) is 0 Å². The molecule has 5 N–H and O–H groups in total. The maximum atomic E-state index is 11.2. The molecule has 1 aromatic rings. The molecule has 0 amide bonds. The number of phenolic OH excluding ortho intramolecular Hbond substituents is 3. The number of unbranched alkanes of at least 4 members (excludes halogenated alkanes) is 6. The molecule has 7 nitrogen and oxygen atoms in total. The zero-order valence-electron chi connectivity index (χ0n) is 20.0. The van der Waals surface area contributed by atoms with E-state index < -0.39 is 22.8 Å². The predicted octanol–water partition coefficient (Wildman–Crippen LogP) is 5.77. The Morgan fingerprint density at radius 1 is 0.848 bits per heavy atom. The molecular formula is C26H40O7. The molecule has 0 radical (unpaired) electrons. The first-order valence-electron chi connectivity index (χ1n) is 12.2. The third kappa shape index (κ3) is 7.54. The summed E-state index contributed by atoms with van der Waals surface area (Å²) >= 11 is 0. The number of hydrogen-bond donors (Lipinski definition) is 5. The standard InChI is InChI=1S/C26H40O7/c1-25(2,23(30)31)13-9-5-3-7-11-18-17-20(27)22(29)19(21(18)28)12-8-4-6-10-14-26(15-16-26)24(32)33/h17,27-29H,3-16H2,1-2H3,(H,30,31)(H,32,33). The first-order valence-corrected chi connectivity index (χ1v) is 12.2. The molecule has 0 aromatic heterocycles. The lowest BCUT2D eigenvalue weighted by atomic mass is 9.87. The van der Waals surface area contributed by atoms with Crippen molar-refractivity contribution in [3.8, 4) is 17.2 Å². The second-order valence-corrected chi connectivity index (χ2v) is 10.3. The number of carboxylic acids is 2. The van der Waals surface area contributed by atoms with E-state index >= 15 is 0 Å². The molecule has 0 bridgehead atoms. The first-order chi connectivity index (χ1) is 15.5. The number of aromatic hydroxyl groups is 3. The number of hydrogen-bond acceptors (Lipinski definition) is 5. The summed E-state index contributed by atoms with van der Waals surface area (Å²) in [7, 11) is 0. The van der Waals surface area contributed by atoms with Crippen molar-refractivity contribution in [2.45, 2.75) is 104 Å². The maximum Gasteiger partial charge on any atom is 0.309 e. The lowest BCUT2D eigenvalue weighted by Crippen LogP contribution is -2.23. The van der Waals surface area contributed by atoms with Crippen molar-refractivity contribution < 1.29 is 35.1 Å². The molecule has 1 saturated carbocycles. The van der Waals surface area contributed by atoms with Crippen molar-refractivity contribution in [3.63, 3.8) is 0 Å². The molecule has 1 aliphatic rings. The molecule has 1 aromatic carbocycles. The summed E-state index contributed by atoms with van der Waals surface area (Å²) in [4.78, 5) is 22.4. The van der Waals surface area contributed by atoms with Crippen LogP contribution in [0.3, 0.4) is 0 Å². The Morgan fingerprint density at radius 3 is 2.00 bits per heavy atom. The number of aliphatic carboxylic acids is 2. The minimum Gasteiger partial charge on any atom is -0.507 e. The van der Waals surface area contributed by atoms with Crippen molar-refractivity contribution in [3.05, 3.63) is 17.2 Å². The van der Waals surface area contributed by atoms with Gasteiger partial charge in [0.05, 0.1) is 10.8 Å². The van der Waals surface area contributed by atoms with Crippen molar-refractivity contribution in [1.29, 1.82) is 0 Å². The molecule has 33 heavy (non-hydrogen) atoms. The van der Waals surface area contributed by atoms with Gasteiger partial charge in [-0.1, -0.05) is 38.5 Å². The van der Waals surface area contributed by atoms with Crippen LogP contribution >= 0.6 is 0 Å². The van der Waals surface area contributed by atoms with Crippen molar-refractivity contribution in [2.24, 2.45) is 10.8 Å². The lowest BCUT2D eigenvalue weighted by Gasteiger charge is -2.18. The zero-order chi connectivity index (χ0) is 24.6. The Bertz CT molecular complexity index is 824. The van der Waals surface area contributed by atoms with Gasteiger partial charge in [0.15, 0.2) is 11.5 Å². The van der Waals surface area contributed by atoms with E-state index in [9.17, 15) is 30.0 Å². The van der Waals surface area contributed by atoms with Crippen LogP contribution in [-0.4, -0.2) is 37.5 Å². The van der Waals surface area contributed by atoms with Gasteiger partial charge in [-0.25, -0.2) is 0 Å². The monoisotopic (exact) mass is 464 g/mol. The van der Waals surface area contributed by atoms with Gasteiger partial charge in [0.2, 0.25) is 0 Å². The van der Waals surface area contributed by atoms with Crippen LogP contribution in [0.25, 0.3) is 0 Å². The number of phenols is 3. The SMILES string of the molecule is CC(C)(CCCCCCc1cc(O)c(O)c(CCCCCCC2(C(=O)O)CC2)c1O)C(=O)O. The Hall–Kier alpha value is -2.44. The normalized spacial score (nSPS) is 14.8. The highest BCUT2D eigenvalue weighted by Gasteiger charge is 2.49. The summed E-state index contributed by atoms with van der Waals surface area (Å²) < 4.78 is 0. The molecule has 1 fully saturated rings. The molecule has 0 heterocycles. The van der Waals surface area contributed by atoms with Crippen molar-refractivity contribution in [1.82, 2.24) is 0 Å². The Balaban J connectivity index is 1.75. The quantitative estimate of drug-likeness (QED) is 0.119. The summed E-state index contributed by atoms with van der Waals surface area (Å²) in [6.45, 7) is 3.46. The zero-order valence-corrected chi connectivity index (χ0v) is 20.0. The first kappa shape index (κ1) is 26.8. The third-order valence-electron chi connectivity index (χ3n) is 7.15. The minimum absolute atomic E-state index is 0.0418. The van der Waals surface area contributed by atoms with E-state index in [0.29, 0.717) is 36.8 Å². The third-order valence-corrected chi connectivity index (χ3v) is 7.15. The Kier molecular flexibility index (Phi) is 9.44. The van der Waals surface area contributed by atoms with Gasteiger partial charge in [0.25, 0.3) is 0 Å². The number of carboxylic acid groups (broad SMARTS) is 2. The van der Waals surface area contributed by atoms with Crippen molar-refractivity contribution in [2.75, 3.05) is 0 Å². The number of benzene rings is 1. The molecule has 186 valence electrons. The van der Waals surface area contributed by atoms with Crippen LogP contribution in [0, 0.1) is 10.8 Å². The fraction of sp³-hybridized carbons (Fsp3) is 0.692. The molecule has 7 heteroatoms. The molecule has 0 aliphatic heterocycles. The van der Waals surface area contributed by atoms with Crippen LogP contribution < -0.4 is 0 Å². The summed E-state index contributed by atoms with van der Waals surface area (Å²) in [5, 5.41) is 49.4. The van der Waals surface area contributed by atoms with Gasteiger partial charge in [-0.3, -0.25) is 9.59 Å². The average Bonchev–Trinajstić information content (AvgIpc) is 3.54. The molecule has 0 atom stereocenters. The van der Waals surface area contributed by atoms with E-state index in [1.807, 2.05) is 0 Å². The van der Waals surface area contributed by atoms with Gasteiger partial charge >= 0.3 is 11.9 Å². The van der Waals surface area contributed by atoms with Crippen molar-refractivity contribution >= 4 is 11.9 Å². The largest absolute Gasteiger partial charge is 0.507 e. The summed E-state index contributed by atoms with van der Waals surface area (Å²) in [5.41, 5.74) is -0.213. The van der Waals surface area contributed by atoms with E-state index in [-0.39, 0.29) is 17.2 Å². The molecule has 0 saturated heterocycles. The second kappa shape index (κ2) is 11.6. The summed E-state index contributed by atoms with van der Waals surface area (Å²) in [6, 6.07) is 1.42. The number of carbonyl (C=O) groups is 2. The van der Waals surface area contributed by atoms with Crippen LogP contribution in [-0.2, 0) is 22.4 Å². The van der Waals surface area contributed by atoms with Gasteiger partial charge in [0.1, 0.15) is 5.75 Å². The molecule has 0 spiro atoms. The number of rotatable bonds is 16. The average molecular weight is 465 g/mol. The van der Waals surface area contributed by atoms with E-state index in [1.165, 1.54) is 6.07 Å². The van der Waals surface area contributed by atoms with Gasteiger partial charge < -0.3 is 25.5 Å². The highest BCUT2D eigenvalue weighted by atomic mass is 16.4. The predicted molar refractivity (Wildman–Crippen MR) is 126 cm³/mol. The van der Waals surface area contributed by atoms with E-state index in [0.717, 1.165) is 64.2 Å². The fourth-order valence-corrected chi connectivity index (χ4v) is 4.37. The second-order valence-electron chi connectivity index (χ2n) is 10.3. The topological polar surface area (TPSA) is 135 Å². The van der Waals surface area contributed by atoms with E-state index in [1.54, 1.807) is 13.8 Å². The Morgan fingerprint density at radius 2 is 1.42 bits per heavy atom. The summed E-state index contributed by atoms with van der Waals surface area (Å²) in [6.07, 6.45) is 10.7. The molecule has 0 unspecified atom stereocenters. The molecule has 1 aliphatic carbocycles.